The predicted octanol–water partition coefficient (Wildman–Crippen LogP) is 1.97. The Labute approximate surface area is 156 Å². The van der Waals surface area contributed by atoms with Crippen LogP contribution in [-0.2, 0) is 19.6 Å². The molecule has 0 aliphatic rings. The molecule has 0 saturated carbocycles. The summed E-state index contributed by atoms with van der Waals surface area (Å²) in [4.78, 5) is 23.0. The van der Waals surface area contributed by atoms with Crippen molar-refractivity contribution in [1.29, 1.82) is 0 Å². The zero-order chi connectivity index (χ0) is 20.1. The van der Waals surface area contributed by atoms with Crippen LogP contribution in [0.5, 0.6) is 0 Å². The minimum Gasteiger partial charge on any atom is -0.452 e. The van der Waals surface area contributed by atoms with Crippen molar-refractivity contribution in [2.45, 2.75) is 31.0 Å². The third kappa shape index (κ3) is 7.30. The average molecular weight is 461 g/mol. The fraction of sp³-hybridized carbons (Fsp3) is 0.429. The summed E-state index contributed by atoms with van der Waals surface area (Å²) >= 11 is 3.05. The van der Waals surface area contributed by atoms with Crippen molar-refractivity contribution in [3.05, 3.63) is 28.2 Å². The lowest BCUT2D eigenvalue weighted by Gasteiger charge is -2.12. The standard InChI is InChI=1S/C14H16BrF3N2O5S/c1-8(2)20-26(23,24)9-3-4-11(15)10(5-9)13(22)25-6-12(21)19-7-14(16,17)18/h3-5,8,20H,6-7H2,1-2H3,(H,19,21). The van der Waals surface area contributed by atoms with Crippen LogP contribution < -0.4 is 10.0 Å². The second-order valence-electron chi connectivity index (χ2n) is 5.39. The van der Waals surface area contributed by atoms with Crippen molar-refractivity contribution in [3.63, 3.8) is 0 Å². The molecule has 0 aliphatic heterocycles. The van der Waals surface area contributed by atoms with Crippen LogP contribution in [0.4, 0.5) is 13.2 Å². The Kier molecular flexibility index (Phi) is 7.59. The van der Waals surface area contributed by atoms with Gasteiger partial charge in [-0.3, -0.25) is 4.79 Å². The van der Waals surface area contributed by atoms with E-state index in [4.69, 9.17) is 0 Å². The molecule has 1 aromatic carbocycles. The Bertz CT molecular complexity index is 781. The summed E-state index contributed by atoms with van der Waals surface area (Å²) in [6, 6.07) is 3.21. The fourth-order valence-electron chi connectivity index (χ4n) is 1.66. The molecule has 12 heteroatoms. The summed E-state index contributed by atoms with van der Waals surface area (Å²) in [5.41, 5.74) is -0.194. The third-order valence-electron chi connectivity index (χ3n) is 2.68. The highest BCUT2D eigenvalue weighted by Gasteiger charge is 2.28. The highest BCUT2D eigenvalue weighted by molar-refractivity contribution is 9.10. The second kappa shape index (κ2) is 8.82. The number of rotatable bonds is 7. The number of hydrogen-bond donors (Lipinski definition) is 2. The first-order valence-electron chi connectivity index (χ1n) is 7.14. The molecule has 0 saturated heterocycles. The quantitative estimate of drug-likeness (QED) is 0.605. The molecule has 0 aromatic heterocycles. The zero-order valence-electron chi connectivity index (χ0n) is 13.7. The minimum absolute atomic E-state index is 0.194. The fourth-order valence-corrected chi connectivity index (χ4v) is 3.35. The maximum atomic E-state index is 12.1. The van der Waals surface area contributed by atoms with Gasteiger partial charge < -0.3 is 10.1 Å². The van der Waals surface area contributed by atoms with Crippen molar-refractivity contribution in [2.24, 2.45) is 0 Å². The van der Waals surface area contributed by atoms with Crippen molar-refractivity contribution in [3.8, 4) is 0 Å². The summed E-state index contributed by atoms with van der Waals surface area (Å²) in [5.74, 6) is -2.21. The van der Waals surface area contributed by atoms with E-state index in [0.29, 0.717) is 0 Å². The number of carbonyl (C=O) groups is 2. The first kappa shape index (κ1) is 22.4. The highest BCUT2D eigenvalue weighted by atomic mass is 79.9. The highest BCUT2D eigenvalue weighted by Crippen LogP contribution is 2.22. The second-order valence-corrected chi connectivity index (χ2v) is 7.95. The molecular formula is C14H16BrF3N2O5S. The molecule has 0 aliphatic carbocycles. The van der Waals surface area contributed by atoms with Crippen LogP contribution >= 0.6 is 15.9 Å². The number of benzene rings is 1. The summed E-state index contributed by atoms with van der Waals surface area (Å²) in [5, 5.41) is 1.54. The van der Waals surface area contributed by atoms with Gasteiger partial charge >= 0.3 is 12.1 Å². The lowest BCUT2D eigenvalue weighted by atomic mass is 10.2. The number of hydrogen-bond acceptors (Lipinski definition) is 5. The van der Waals surface area contributed by atoms with E-state index in [9.17, 15) is 31.2 Å². The maximum absolute atomic E-state index is 12.1. The Morgan fingerprint density at radius 2 is 1.88 bits per heavy atom. The van der Waals surface area contributed by atoms with Crippen molar-refractivity contribution in [2.75, 3.05) is 13.2 Å². The molecule has 26 heavy (non-hydrogen) atoms. The van der Waals surface area contributed by atoms with E-state index < -0.39 is 41.2 Å². The third-order valence-corrected chi connectivity index (χ3v) is 5.03. The molecule has 1 aromatic rings. The zero-order valence-corrected chi connectivity index (χ0v) is 16.1. The first-order chi connectivity index (χ1) is 11.8. The molecule has 0 spiro atoms. The van der Waals surface area contributed by atoms with Gasteiger partial charge in [0.2, 0.25) is 10.0 Å². The van der Waals surface area contributed by atoms with Gasteiger partial charge in [0.05, 0.1) is 10.5 Å². The molecule has 0 bridgehead atoms. The van der Waals surface area contributed by atoms with Gasteiger partial charge in [-0.05, 0) is 48.0 Å². The molecule has 0 radical (unpaired) electrons. The topological polar surface area (TPSA) is 102 Å². The van der Waals surface area contributed by atoms with Crippen LogP contribution in [-0.4, -0.2) is 45.7 Å². The van der Waals surface area contributed by atoms with E-state index in [0.717, 1.165) is 6.07 Å². The van der Waals surface area contributed by atoms with Gasteiger partial charge in [0.15, 0.2) is 6.61 Å². The molecule has 0 fully saturated rings. The first-order valence-corrected chi connectivity index (χ1v) is 9.42. The van der Waals surface area contributed by atoms with Gasteiger partial charge in [-0.25, -0.2) is 17.9 Å². The molecule has 0 unspecified atom stereocenters. The monoisotopic (exact) mass is 460 g/mol. The normalized spacial score (nSPS) is 12.1. The van der Waals surface area contributed by atoms with E-state index >= 15 is 0 Å². The lowest BCUT2D eigenvalue weighted by molar-refractivity contribution is -0.140. The van der Waals surface area contributed by atoms with Crippen LogP contribution in [0.1, 0.15) is 24.2 Å². The van der Waals surface area contributed by atoms with Crippen LogP contribution in [0.15, 0.2) is 27.6 Å². The Balaban J connectivity index is 2.83. The van der Waals surface area contributed by atoms with Gasteiger partial charge in [0.1, 0.15) is 6.54 Å². The Morgan fingerprint density at radius 3 is 2.42 bits per heavy atom. The molecular weight excluding hydrogens is 445 g/mol. The number of carbonyl (C=O) groups excluding carboxylic acids is 2. The number of amides is 1. The van der Waals surface area contributed by atoms with Crippen LogP contribution in [0.25, 0.3) is 0 Å². The number of alkyl halides is 3. The minimum atomic E-state index is -4.59. The van der Waals surface area contributed by atoms with Gasteiger partial charge in [0.25, 0.3) is 5.91 Å². The van der Waals surface area contributed by atoms with Crippen LogP contribution in [0.2, 0.25) is 0 Å². The number of ether oxygens (including phenoxy) is 1. The van der Waals surface area contributed by atoms with Crippen LogP contribution in [0.3, 0.4) is 0 Å². The van der Waals surface area contributed by atoms with Crippen LogP contribution in [0, 0.1) is 0 Å². The summed E-state index contributed by atoms with van der Waals surface area (Å²) < 4.78 is 67.4. The van der Waals surface area contributed by atoms with E-state index in [1.54, 1.807) is 19.2 Å². The summed E-state index contributed by atoms with van der Waals surface area (Å²) in [7, 11) is -3.87. The smallest absolute Gasteiger partial charge is 0.405 e. The molecule has 2 N–H and O–H groups in total. The molecule has 0 heterocycles. The lowest BCUT2D eigenvalue weighted by Crippen LogP contribution is -2.36. The molecule has 7 nitrogen and oxygen atoms in total. The number of sulfonamides is 1. The largest absolute Gasteiger partial charge is 0.452 e. The van der Waals surface area contributed by atoms with Crippen molar-refractivity contribution < 1.29 is 35.9 Å². The predicted molar refractivity (Wildman–Crippen MR) is 88.9 cm³/mol. The number of halogens is 4. The van der Waals surface area contributed by atoms with Gasteiger partial charge in [-0.15, -0.1) is 0 Å². The molecule has 1 rings (SSSR count). The van der Waals surface area contributed by atoms with E-state index in [2.05, 4.69) is 25.4 Å². The maximum Gasteiger partial charge on any atom is 0.405 e. The average Bonchev–Trinajstić information content (AvgIpc) is 2.48. The Hall–Kier alpha value is -1.66. The molecule has 0 atom stereocenters. The van der Waals surface area contributed by atoms with E-state index in [-0.39, 0.29) is 21.0 Å². The van der Waals surface area contributed by atoms with E-state index in [1.807, 2.05) is 0 Å². The van der Waals surface area contributed by atoms with E-state index in [1.165, 1.54) is 12.1 Å². The van der Waals surface area contributed by atoms with Crippen molar-refractivity contribution >= 4 is 37.8 Å². The number of esters is 1. The number of nitrogens with one attached hydrogen (secondary N) is 2. The Morgan fingerprint density at radius 1 is 1.27 bits per heavy atom. The van der Waals surface area contributed by atoms with Gasteiger partial charge in [-0.1, -0.05) is 0 Å². The van der Waals surface area contributed by atoms with Gasteiger partial charge in [-0.2, -0.15) is 13.2 Å². The molecule has 146 valence electrons. The molecule has 1 amide bonds. The van der Waals surface area contributed by atoms with Gasteiger partial charge in [0, 0.05) is 10.5 Å². The SMILES string of the molecule is CC(C)NS(=O)(=O)c1ccc(Br)c(C(=O)OCC(=O)NCC(F)(F)F)c1. The summed E-state index contributed by atoms with van der Waals surface area (Å²) in [6.07, 6.45) is -4.59. The van der Waals surface area contributed by atoms with Crippen molar-refractivity contribution in [1.82, 2.24) is 10.0 Å². The summed E-state index contributed by atoms with van der Waals surface area (Å²) in [6.45, 7) is 0.737.